The Morgan fingerprint density at radius 2 is 1.33 bits per heavy atom. The van der Waals surface area contributed by atoms with Crippen molar-refractivity contribution in [1.29, 1.82) is 0 Å². The summed E-state index contributed by atoms with van der Waals surface area (Å²) in [5.41, 5.74) is 0. The van der Waals surface area contributed by atoms with Crippen LogP contribution in [-0.2, 0) is 25.8 Å². The molecule has 0 aromatic rings. The van der Waals surface area contributed by atoms with E-state index in [1.165, 1.54) is 0 Å². The zero-order valence-corrected chi connectivity index (χ0v) is 4.55. The summed E-state index contributed by atoms with van der Waals surface area (Å²) in [5.74, 6) is 0. The summed E-state index contributed by atoms with van der Waals surface area (Å²) in [6.07, 6.45) is 0. The van der Waals surface area contributed by atoms with Crippen LogP contribution in [0.4, 0.5) is 0 Å². The minimum absolute atomic E-state index is 0. The zero-order valence-electron chi connectivity index (χ0n) is 2.75. The molecule has 0 heterocycles. The largest absolute Gasteiger partial charge is 0.412 e. The third kappa shape index (κ3) is 40800. The van der Waals surface area contributed by atoms with Crippen LogP contribution in [0.5, 0.6) is 0 Å². The average molecular weight is 125 g/mol. The number of rotatable bonds is 0. The van der Waals surface area contributed by atoms with Gasteiger partial charge in [0.1, 0.15) is 0 Å². The maximum absolute atomic E-state index is 8.25. The molecule has 6 heteroatoms. The van der Waals surface area contributed by atoms with E-state index in [0.29, 0.717) is 0 Å². The summed E-state index contributed by atoms with van der Waals surface area (Å²) < 4.78 is 0. The molecule has 0 spiro atoms. The molecule has 0 unspecified atom stereocenters. The Balaban J connectivity index is -0.0000000450. The van der Waals surface area contributed by atoms with Crippen LogP contribution in [0.15, 0.2) is 0 Å². The molecule has 0 fully saturated rings. The molecule has 0 aromatic carbocycles. The van der Waals surface area contributed by atoms with Gasteiger partial charge in [0.2, 0.25) is 0 Å². The van der Waals surface area contributed by atoms with E-state index in [9.17, 15) is 0 Å². The molecular formula is H2NO4Sc-. The Morgan fingerprint density at radius 1 is 1.33 bits per heavy atom. The fraction of sp³-hybridized carbons (Fsp3) is 0. The predicted octanol–water partition coefficient (Wildman–Crippen LogP) is -1.07. The quantitative estimate of drug-likeness (QED) is 0.304. The van der Waals surface area contributed by atoms with Gasteiger partial charge in [-0.25, -0.2) is 0 Å². The summed E-state index contributed by atoms with van der Waals surface area (Å²) in [6, 6.07) is 0. The normalized spacial score (nSPS) is 4.00. The molecule has 1 radical (unpaired) electrons. The first-order valence-corrected chi connectivity index (χ1v) is 0.548. The van der Waals surface area contributed by atoms with Gasteiger partial charge in [-0.1, -0.05) is 0 Å². The van der Waals surface area contributed by atoms with Crippen molar-refractivity contribution < 1.29 is 36.4 Å². The first-order valence-electron chi connectivity index (χ1n) is 0.548. The van der Waals surface area contributed by atoms with Crippen molar-refractivity contribution in [3.8, 4) is 0 Å². The van der Waals surface area contributed by atoms with Crippen molar-refractivity contribution in [3.05, 3.63) is 15.3 Å². The third-order valence-corrected chi connectivity index (χ3v) is 0. The topological polar surface area (TPSA) is 97.7 Å². The van der Waals surface area contributed by atoms with E-state index in [1.54, 1.807) is 0 Å². The molecule has 2 N–H and O–H groups in total. The van der Waals surface area contributed by atoms with Gasteiger partial charge in [0.05, 0.1) is 5.09 Å². The maximum Gasteiger partial charge on any atom is 0.0689 e. The second kappa shape index (κ2) is 8.90. The second-order valence-corrected chi connectivity index (χ2v) is 0.224. The molecule has 5 nitrogen and oxygen atoms in total. The summed E-state index contributed by atoms with van der Waals surface area (Å²) in [6.45, 7) is 0. The number of nitrogens with zero attached hydrogens (tertiary/aromatic N) is 1. The minimum Gasteiger partial charge on any atom is -0.412 e. The molecule has 0 atom stereocenters. The fourth-order valence-electron chi connectivity index (χ4n) is 0. The smallest absolute Gasteiger partial charge is 0.0689 e. The molecule has 0 aromatic heterocycles. The third-order valence-electron chi connectivity index (χ3n) is 0. The Morgan fingerprint density at radius 3 is 1.33 bits per heavy atom. The molecule has 0 saturated carbocycles. The fourth-order valence-corrected chi connectivity index (χ4v) is 0. The number of hydrogen-bond acceptors (Lipinski definition) is 3. The van der Waals surface area contributed by atoms with Crippen molar-refractivity contribution in [2.24, 2.45) is 0 Å². The van der Waals surface area contributed by atoms with Crippen LogP contribution in [0.1, 0.15) is 0 Å². The van der Waals surface area contributed by atoms with E-state index in [0.717, 1.165) is 0 Å². The van der Waals surface area contributed by atoms with Gasteiger partial charge >= 0.3 is 0 Å². The minimum atomic E-state index is -1.75. The average Bonchev–Trinajstić information content (AvgIpc) is 0.811. The van der Waals surface area contributed by atoms with Crippen LogP contribution in [0.25, 0.3) is 0 Å². The monoisotopic (exact) mass is 125 g/mol. The van der Waals surface area contributed by atoms with Crippen molar-refractivity contribution in [2.75, 3.05) is 0 Å². The summed E-state index contributed by atoms with van der Waals surface area (Å²) in [5, 5.41) is 14.8. The van der Waals surface area contributed by atoms with Crippen molar-refractivity contribution in [1.82, 2.24) is 0 Å². The van der Waals surface area contributed by atoms with E-state index in [-0.39, 0.29) is 31.3 Å². The SMILES string of the molecule is O.O=[N+]([O-])[O-].[Sc]. The van der Waals surface area contributed by atoms with Crippen LogP contribution >= 0.6 is 0 Å². The van der Waals surface area contributed by atoms with Gasteiger partial charge in [-0.2, -0.15) is 0 Å². The van der Waals surface area contributed by atoms with Crippen molar-refractivity contribution in [2.45, 2.75) is 0 Å². The molecule has 0 saturated heterocycles. The van der Waals surface area contributed by atoms with Gasteiger partial charge in [-0.15, -0.1) is 0 Å². The molecule has 0 rings (SSSR count). The van der Waals surface area contributed by atoms with E-state index in [4.69, 9.17) is 15.3 Å². The van der Waals surface area contributed by atoms with Gasteiger partial charge in [0.25, 0.3) is 0 Å². The van der Waals surface area contributed by atoms with E-state index in [1.807, 2.05) is 0 Å². The van der Waals surface area contributed by atoms with Crippen LogP contribution in [0.3, 0.4) is 0 Å². The molecule has 0 aliphatic heterocycles. The summed E-state index contributed by atoms with van der Waals surface area (Å²) in [4.78, 5) is 8.25. The van der Waals surface area contributed by atoms with E-state index < -0.39 is 5.09 Å². The van der Waals surface area contributed by atoms with Gasteiger partial charge in [0, 0.05) is 25.8 Å². The molecule has 0 bridgehead atoms. The Bertz CT molecular complexity index is 30.5. The van der Waals surface area contributed by atoms with Crippen molar-refractivity contribution >= 4 is 0 Å². The molecular weight excluding hydrogens is 123 g/mol. The second-order valence-electron chi connectivity index (χ2n) is 0.224. The van der Waals surface area contributed by atoms with Gasteiger partial charge in [0.15, 0.2) is 0 Å². The number of hydrogen-bond donors (Lipinski definition) is 0. The molecule has 35 valence electrons. The molecule has 0 amide bonds. The van der Waals surface area contributed by atoms with Gasteiger partial charge in [-0.3, -0.25) is 0 Å². The first-order chi connectivity index (χ1) is 1.73. The van der Waals surface area contributed by atoms with Crippen LogP contribution in [0.2, 0.25) is 0 Å². The predicted molar refractivity (Wildman–Crippen MR) is 14.0 cm³/mol. The molecule has 0 aliphatic rings. The van der Waals surface area contributed by atoms with Gasteiger partial charge in [-0.05, 0) is 0 Å². The Labute approximate surface area is 52.2 Å². The zero-order chi connectivity index (χ0) is 3.58. The van der Waals surface area contributed by atoms with Crippen LogP contribution in [0, 0.1) is 15.3 Å². The summed E-state index contributed by atoms with van der Waals surface area (Å²) >= 11 is 0. The first kappa shape index (κ1) is 16.6. The summed E-state index contributed by atoms with van der Waals surface area (Å²) in [7, 11) is 0. The van der Waals surface area contributed by atoms with Gasteiger partial charge < -0.3 is 20.8 Å². The van der Waals surface area contributed by atoms with E-state index >= 15 is 0 Å². The molecule has 6 heavy (non-hydrogen) atoms. The van der Waals surface area contributed by atoms with E-state index in [2.05, 4.69) is 0 Å². The Hall–Kier alpha value is 0.0301. The molecule has 0 aliphatic carbocycles. The Kier molecular flexibility index (Phi) is 24.6. The van der Waals surface area contributed by atoms with Crippen LogP contribution in [-0.4, -0.2) is 10.6 Å². The van der Waals surface area contributed by atoms with Crippen molar-refractivity contribution in [3.63, 3.8) is 0 Å². The maximum atomic E-state index is 8.25. The standard InChI is InChI=1S/NO3.H2O.Sc/c2-1(3)4;;/h;1H2;/q-1;;. The van der Waals surface area contributed by atoms with Crippen LogP contribution < -0.4 is 0 Å².